The van der Waals surface area contributed by atoms with Gasteiger partial charge in [0.1, 0.15) is 5.75 Å². The molecule has 0 radical (unpaired) electrons. The SMILES string of the molecule is COc1ccc(C(C2CNCCO2)N(C)C)cc1. The second-order valence-electron chi connectivity index (χ2n) is 4.79. The lowest BCUT2D eigenvalue weighted by Crippen LogP contribution is -2.45. The monoisotopic (exact) mass is 250 g/mol. The molecule has 18 heavy (non-hydrogen) atoms. The summed E-state index contributed by atoms with van der Waals surface area (Å²) in [7, 11) is 5.87. The van der Waals surface area contributed by atoms with Gasteiger partial charge in [-0.05, 0) is 31.8 Å². The summed E-state index contributed by atoms with van der Waals surface area (Å²) in [5, 5.41) is 3.39. The summed E-state index contributed by atoms with van der Waals surface area (Å²) < 4.78 is 11.1. The Hall–Kier alpha value is -1.10. The topological polar surface area (TPSA) is 33.7 Å². The van der Waals surface area contributed by atoms with Crippen molar-refractivity contribution in [1.29, 1.82) is 0 Å². The molecule has 0 spiro atoms. The fourth-order valence-corrected chi connectivity index (χ4v) is 2.43. The highest BCUT2D eigenvalue weighted by molar-refractivity contribution is 5.29. The van der Waals surface area contributed by atoms with E-state index < -0.39 is 0 Å². The zero-order valence-electron chi connectivity index (χ0n) is 11.3. The van der Waals surface area contributed by atoms with E-state index in [4.69, 9.17) is 9.47 Å². The quantitative estimate of drug-likeness (QED) is 0.873. The van der Waals surface area contributed by atoms with E-state index in [1.54, 1.807) is 7.11 Å². The molecule has 4 heteroatoms. The van der Waals surface area contributed by atoms with E-state index in [9.17, 15) is 0 Å². The molecule has 1 heterocycles. The molecule has 0 aromatic heterocycles. The van der Waals surface area contributed by atoms with E-state index in [0.717, 1.165) is 25.4 Å². The minimum Gasteiger partial charge on any atom is -0.497 e. The van der Waals surface area contributed by atoms with Crippen LogP contribution in [-0.4, -0.2) is 51.9 Å². The number of benzene rings is 1. The third-order valence-corrected chi connectivity index (χ3v) is 3.32. The largest absolute Gasteiger partial charge is 0.497 e. The maximum Gasteiger partial charge on any atom is 0.118 e. The zero-order valence-corrected chi connectivity index (χ0v) is 11.3. The molecule has 2 atom stereocenters. The van der Waals surface area contributed by atoms with E-state index in [1.807, 2.05) is 12.1 Å². The minimum atomic E-state index is 0.196. The smallest absolute Gasteiger partial charge is 0.118 e. The predicted octanol–water partition coefficient (Wildman–Crippen LogP) is 1.29. The van der Waals surface area contributed by atoms with Gasteiger partial charge in [0.25, 0.3) is 0 Å². The van der Waals surface area contributed by atoms with E-state index in [2.05, 4.69) is 36.4 Å². The third kappa shape index (κ3) is 3.02. The van der Waals surface area contributed by atoms with Gasteiger partial charge in [0.2, 0.25) is 0 Å². The molecule has 2 rings (SSSR count). The zero-order chi connectivity index (χ0) is 13.0. The highest BCUT2D eigenvalue weighted by Crippen LogP contribution is 2.26. The molecule has 1 N–H and O–H groups in total. The molecule has 0 amide bonds. The van der Waals surface area contributed by atoms with Crippen LogP contribution in [0.15, 0.2) is 24.3 Å². The van der Waals surface area contributed by atoms with Gasteiger partial charge in [-0.15, -0.1) is 0 Å². The van der Waals surface area contributed by atoms with E-state index in [0.29, 0.717) is 0 Å². The van der Waals surface area contributed by atoms with Gasteiger partial charge in [-0.2, -0.15) is 0 Å². The molecule has 1 saturated heterocycles. The highest BCUT2D eigenvalue weighted by Gasteiger charge is 2.27. The molecule has 0 bridgehead atoms. The molecule has 4 nitrogen and oxygen atoms in total. The van der Waals surface area contributed by atoms with Gasteiger partial charge in [-0.25, -0.2) is 0 Å². The van der Waals surface area contributed by atoms with Crippen LogP contribution < -0.4 is 10.1 Å². The van der Waals surface area contributed by atoms with Crippen molar-refractivity contribution >= 4 is 0 Å². The molecular formula is C14H22N2O2. The van der Waals surface area contributed by atoms with Crippen LogP contribution >= 0.6 is 0 Å². The van der Waals surface area contributed by atoms with Crippen LogP contribution in [-0.2, 0) is 4.74 Å². The lowest BCUT2D eigenvalue weighted by molar-refractivity contribution is -0.0211. The molecule has 1 aliphatic rings. The Labute approximate surface area is 109 Å². The van der Waals surface area contributed by atoms with Crippen LogP contribution in [0.25, 0.3) is 0 Å². The van der Waals surface area contributed by atoms with Gasteiger partial charge in [0.15, 0.2) is 0 Å². The van der Waals surface area contributed by atoms with Crippen molar-refractivity contribution < 1.29 is 9.47 Å². The van der Waals surface area contributed by atoms with Crippen LogP contribution in [0.1, 0.15) is 11.6 Å². The fourth-order valence-electron chi connectivity index (χ4n) is 2.43. The van der Waals surface area contributed by atoms with Crippen LogP contribution in [0.4, 0.5) is 0 Å². The number of rotatable bonds is 4. The van der Waals surface area contributed by atoms with Crippen molar-refractivity contribution in [2.24, 2.45) is 0 Å². The normalized spacial score (nSPS) is 21.9. The maximum absolute atomic E-state index is 5.88. The highest BCUT2D eigenvalue weighted by atomic mass is 16.5. The second kappa shape index (κ2) is 6.18. The summed E-state index contributed by atoms with van der Waals surface area (Å²) in [6, 6.07) is 8.50. The van der Waals surface area contributed by atoms with Crippen LogP contribution in [0.3, 0.4) is 0 Å². The molecule has 100 valence electrons. The van der Waals surface area contributed by atoms with Gasteiger partial charge in [-0.3, -0.25) is 0 Å². The Kier molecular flexibility index (Phi) is 4.58. The average molecular weight is 250 g/mol. The number of hydrogen-bond acceptors (Lipinski definition) is 4. The number of morpholine rings is 1. The summed E-state index contributed by atoms with van der Waals surface area (Å²) in [5.74, 6) is 0.888. The lowest BCUT2D eigenvalue weighted by atomic mass is 9.99. The number of hydrogen-bond donors (Lipinski definition) is 1. The van der Waals surface area contributed by atoms with Crippen LogP contribution in [0.2, 0.25) is 0 Å². The molecule has 1 aromatic rings. The van der Waals surface area contributed by atoms with Gasteiger partial charge < -0.3 is 19.7 Å². The predicted molar refractivity (Wildman–Crippen MR) is 72.0 cm³/mol. The van der Waals surface area contributed by atoms with Crippen LogP contribution in [0.5, 0.6) is 5.75 Å². The van der Waals surface area contributed by atoms with Crippen molar-refractivity contribution in [2.75, 3.05) is 40.9 Å². The Bertz CT molecular complexity index is 359. The average Bonchev–Trinajstić information content (AvgIpc) is 2.40. The summed E-state index contributed by atoms with van der Waals surface area (Å²) in [6.07, 6.45) is 0.196. The molecule has 1 aliphatic heterocycles. The maximum atomic E-state index is 5.88. The molecule has 0 saturated carbocycles. The van der Waals surface area contributed by atoms with Crippen molar-refractivity contribution in [3.8, 4) is 5.75 Å². The van der Waals surface area contributed by atoms with Gasteiger partial charge in [-0.1, -0.05) is 12.1 Å². The Balaban J connectivity index is 2.17. The second-order valence-corrected chi connectivity index (χ2v) is 4.79. The first-order valence-electron chi connectivity index (χ1n) is 6.35. The Morgan fingerprint density at radius 1 is 1.33 bits per heavy atom. The summed E-state index contributed by atoms with van der Waals surface area (Å²) in [5.41, 5.74) is 1.26. The molecule has 0 aliphatic carbocycles. The fraction of sp³-hybridized carbons (Fsp3) is 0.571. The third-order valence-electron chi connectivity index (χ3n) is 3.32. The number of methoxy groups -OCH3 is 1. The number of likely N-dealkylation sites (N-methyl/N-ethyl adjacent to an activating group) is 1. The molecular weight excluding hydrogens is 228 g/mol. The van der Waals surface area contributed by atoms with Crippen molar-refractivity contribution in [3.05, 3.63) is 29.8 Å². The van der Waals surface area contributed by atoms with E-state index in [1.165, 1.54) is 5.56 Å². The molecule has 2 unspecified atom stereocenters. The van der Waals surface area contributed by atoms with E-state index >= 15 is 0 Å². The lowest BCUT2D eigenvalue weighted by Gasteiger charge is -2.35. The minimum absolute atomic E-state index is 0.196. The van der Waals surface area contributed by atoms with Gasteiger partial charge in [0.05, 0.1) is 25.9 Å². The number of nitrogens with one attached hydrogen (secondary N) is 1. The number of ether oxygens (including phenoxy) is 2. The summed E-state index contributed by atoms with van der Waals surface area (Å²) in [4.78, 5) is 2.21. The first-order chi connectivity index (χ1) is 8.72. The van der Waals surface area contributed by atoms with Crippen molar-refractivity contribution in [1.82, 2.24) is 10.2 Å². The standard InChI is InChI=1S/C14H22N2O2/c1-16(2)14(13-10-15-8-9-18-13)11-4-6-12(17-3)7-5-11/h4-7,13-15H,8-10H2,1-3H3. The summed E-state index contributed by atoms with van der Waals surface area (Å²) in [6.45, 7) is 2.62. The Morgan fingerprint density at radius 3 is 2.56 bits per heavy atom. The summed E-state index contributed by atoms with van der Waals surface area (Å²) >= 11 is 0. The van der Waals surface area contributed by atoms with Gasteiger partial charge >= 0.3 is 0 Å². The first-order valence-corrected chi connectivity index (χ1v) is 6.35. The number of nitrogens with zero attached hydrogens (tertiary/aromatic N) is 1. The van der Waals surface area contributed by atoms with E-state index in [-0.39, 0.29) is 12.1 Å². The Morgan fingerprint density at radius 2 is 2.06 bits per heavy atom. The van der Waals surface area contributed by atoms with Crippen molar-refractivity contribution in [2.45, 2.75) is 12.1 Å². The van der Waals surface area contributed by atoms with Crippen LogP contribution in [0, 0.1) is 0 Å². The first kappa shape index (κ1) is 13.3. The molecule has 1 aromatic carbocycles. The van der Waals surface area contributed by atoms with Gasteiger partial charge in [0, 0.05) is 13.1 Å². The molecule has 1 fully saturated rings. The van der Waals surface area contributed by atoms with Crippen molar-refractivity contribution in [3.63, 3.8) is 0 Å².